The minimum atomic E-state index is -0.967. The summed E-state index contributed by atoms with van der Waals surface area (Å²) in [6.45, 7) is 1.56. The molecule has 1 unspecified atom stereocenters. The van der Waals surface area contributed by atoms with Crippen LogP contribution in [0, 0.1) is 5.92 Å². The van der Waals surface area contributed by atoms with E-state index in [0.717, 1.165) is 0 Å². The van der Waals surface area contributed by atoms with Crippen LogP contribution in [0.1, 0.15) is 17.3 Å². The van der Waals surface area contributed by atoms with Gasteiger partial charge in [0, 0.05) is 25.9 Å². The third kappa shape index (κ3) is 3.44. The van der Waals surface area contributed by atoms with Gasteiger partial charge in [0.1, 0.15) is 0 Å². The number of nitrogens with one attached hydrogen (secondary N) is 1. The van der Waals surface area contributed by atoms with Crippen LogP contribution in [0.2, 0.25) is 0 Å². The lowest BCUT2D eigenvalue weighted by Gasteiger charge is -2.08. The summed E-state index contributed by atoms with van der Waals surface area (Å²) in [4.78, 5) is 33.3. The highest BCUT2D eigenvalue weighted by atomic mass is 16.4. The molecule has 0 bridgehead atoms. The van der Waals surface area contributed by atoms with Crippen LogP contribution in [-0.2, 0) is 11.8 Å². The van der Waals surface area contributed by atoms with E-state index in [9.17, 15) is 14.4 Å². The van der Waals surface area contributed by atoms with E-state index in [1.165, 1.54) is 29.8 Å². The number of carboxylic acid groups (broad SMARTS) is 1. The predicted molar refractivity (Wildman–Crippen MR) is 60.8 cm³/mol. The van der Waals surface area contributed by atoms with Gasteiger partial charge < -0.3 is 15.0 Å². The SMILES string of the molecule is CC(CNC(=O)c1ccc(=O)n(C)c1)C(=O)O. The number of rotatable bonds is 4. The van der Waals surface area contributed by atoms with Gasteiger partial charge in [0.25, 0.3) is 5.91 Å². The topological polar surface area (TPSA) is 88.4 Å². The van der Waals surface area contributed by atoms with E-state index < -0.39 is 17.8 Å². The number of hydrogen-bond donors (Lipinski definition) is 2. The molecular formula is C11H14N2O4. The number of hydrogen-bond acceptors (Lipinski definition) is 3. The molecule has 1 aromatic rings. The molecule has 1 heterocycles. The normalized spacial score (nSPS) is 11.9. The van der Waals surface area contributed by atoms with E-state index in [1.54, 1.807) is 7.05 Å². The van der Waals surface area contributed by atoms with Gasteiger partial charge in [-0.1, -0.05) is 6.92 Å². The van der Waals surface area contributed by atoms with Crippen LogP contribution >= 0.6 is 0 Å². The molecule has 1 amide bonds. The Morgan fingerprint density at radius 3 is 2.65 bits per heavy atom. The third-order valence-electron chi connectivity index (χ3n) is 2.34. The lowest BCUT2D eigenvalue weighted by molar-refractivity contribution is -0.140. The number of nitrogens with zero attached hydrogens (tertiary/aromatic N) is 1. The summed E-state index contributed by atoms with van der Waals surface area (Å²) in [6.07, 6.45) is 1.41. The first-order valence-electron chi connectivity index (χ1n) is 5.09. The maximum absolute atomic E-state index is 11.6. The van der Waals surface area contributed by atoms with Gasteiger partial charge in [-0.05, 0) is 6.07 Å². The second-order valence-electron chi connectivity index (χ2n) is 3.82. The molecule has 0 fully saturated rings. The molecule has 1 aromatic heterocycles. The quantitative estimate of drug-likeness (QED) is 0.762. The van der Waals surface area contributed by atoms with Crippen LogP contribution in [0.4, 0.5) is 0 Å². The maximum atomic E-state index is 11.6. The van der Waals surface area contributed by atoms with Crippen molar-refractivity contribution in [2.45, 2.75) is 6.92 Å². The summed E-state index contributed by atoms with van der Waals surface area (Å²) in [5.41, 5.74) is 0.116. The van der Waals surface area contributed by atoms with Gasteiger partial charge >= 0.3 is 5.97 Å². The number of aryl methyl sites for hydroxylation is 1. The molecule has 1 atom stereocenters. The van der Waals surface area contributed by atoms with Crippen LogP contribution in [0.15, 0.2) is 23.1 Å². The van der Waals surface area contributed by atoms with Crippen molar-refractivity contribution < 1.29 is 14.7 Å². The van der Waals surface area contributed by atoms with Crippen molar-refractivity contribution in [3.63, 3.8) is 0 Å². The van der Waals surface area contributed by atoms with Crippen LogP contribution < -0.4 is 10.9 Å². The highest BCUT2D eigenvalue weighted by Gasteiger charge is 2.13. The largest absolute Gasteiger partial charge is 0.481 e. The molecule has 17 heavy (non-hydrogen) atoms. The van der Waals surface area contributed by atoms with Gasteiger partial charge in [-0.25, -0.2) is 0 Å². The summed E-state index contributed by atoms with van der Waals surface area (Å²) < 4.78 is 1.29. The summed E-state index contributed by atoms with van der Waals surface area (Å²) in [5.74, 6) is -2.01. The van der Waals surface area contributed by atoms with Crippen molar-refractivity contribution in [1.82, 2.24) is 9.88 Å². The molecule has 0 aliphatic heterocycles. The van der Waals surface area contributed by atoms with Crippen molar-refractivity contribution in [3.05, 3.63) is 34.2 Å². The van der Waals surface area contributed by atoms with Crippen LogP contribution in [-0.4, -0.2) is 28.1 Å². The Morgan fingerprint density at radius 2 is 2.12 bits per heavy atom. The summed E-state index contributed by atoms with van der Waals surface area (Å²) in [6, 6.07) is 2.69. The number of pyridine rings is 1. The Hall–Kier alpha value is -2.11. The van der Waals surface area contributed by atoms with E-state index in [2.05, 4.69) is 5.32 Å². The van der Waals surface area contributed by atoms with Gasteiger partial charge in [0.2, 0.25) is 5.56 Å². The van der Waals surface area contributed by atoms with Crippen LogP contribution in [0.25, 0.3) is 0 Å². The van der Waals surface area contributed by atoms with Gasteiger partial charge in [0.15, 0.2) is 0 Å². The van der Waals surface area contributed by atoms with Crippen LogP contribution in [0.3, 0.4) is 0 Å². The molecule has 0 spiro atoms. The third-order valence-corrected chi connectivity index (χ3v) is 2.34. The molecule has 6 heteroatoms. The number of carbonyl (C=O) groups excluding carboxylic acids is 1. The summed E-state index contributed by atoms with van der Waals surface area (Å²) >= 11 is 0. The van der Waals surface area contributed by atoms with E-state index in [0.29, 0.717) is 5.56 Å². The van der Waals surface area contributed by atoms with E-state index in [-0.39, 0.29) is 12.1 Å². The lowest BCUT2D eigenvalue weighted by atomic mass is 10.2. The fraction of sp³-hybridized carbons (Fsp3) is 0.364. The summed E-state index contributed by atoms with van der Waals surface area (Å²) in [7, 11) is 1.54. The highest BCUT2D eigenvalue weighted by Crippen LogP contribution is 1.97. The Balaban J connectivity index is 2.67. The van der Waals surface area contributed by atoms with E-state index in [4.69, 9.17) is 5.11 Å². The second kappa shape index (κ2) is 5.29. The number of aromatic nitrogens is 1. The van der Waals surface area contributed by atoms with E-state index in [1.807, 2.05) is 0 Å². The minimum absolute atomic E-state index is 0.0526. The fourth-order valence-electron chi connectivity index (χ4n) is 1.16. The van der Waals surface area contributed by atoms with Crippen molar-refractivity contribution in [1.29, 1.82) is 0 Å². The minimum Gasteiger partial charge on any atom is -0.481 e. The van der Waals surface area contributed by atoms with Crippen molar-refractivity contribution in [3.8, 4) is 0 Å². The number of amides is 1. The monoisotopic (exact) mass is 238 g/mol. The molecule has 0 saturated heterocycles. The second-order valence-corrected chi connectivity index (χ2v) is 3.82. The smallest absolute Gasteiger partial charge is 0.308 e. The van der Waals surface area contributed by atoms with Crippen molar-refractivity contribution >= 4 is 11.9 Å². The Bertz CT molecular complexity index is 492. The van der Waals surface area contributed by atoms with Crippen LogP contribution in [0.5, 0.6) is 0 Å². The molecule has 0 aliphatic rings. The van der Waals surface area contributed by atoms with Gasteiger partial charge in [0.05, 0.1) is 11.5 Å². The lowest BCUT2D eigenvalue weighted by Crippen LogP contribution is -2.32. The first-order valence-corrected chi connectivity index (χ1v) is 5.09. The summed E-state index contributed by atoms with van der Waals surface area (Å²) in [5, 5.41) is 11.1. The number of carboxylic acids is 1. The molecule has 0 saturated carbocycles. The molecule has 92 valence electrons. The molecule has 0 radical (unpaired) electrons. The first kappa shape index (κ1) is 13.0. The average molecular weight is 238 g/mol. The standard InChI is InChI=1S/C11H14N2O4/c1-7(11(16)17)5-12-10(15)8-3-4-9(14)13(2)6-8/h3-4,6-7H,5H2,1-2H3,(H,12,15)(H,16,17). The Labute approximate surface area is 97.9 Å². The van der Waals surface area contributed by atoms with Gasteiger partial charge in [-0.15, -0.1) is 0 Å². The van der Waals surface area contributed by atoms with E-state index >= 15 is 0 Å². The molecule has 0 aromatic carbocycles. The zero-order valence-corrected chi connectivity index (χ0v) is 9.64. The zero-order chi connectivity index (χ0) is 13.0. The average Bonchev–Trinajstić information content (AvgIpc) is 2.28. The molecule has 6 nitrogen and oxygen atoms in total. The van der Waals surface area contributed by atoms with Gasteiger partial charge in [-0.3, -0.25) is 14.4 Å². The maximum Gasteiger partial charge on any atom is 0.308 e. The van der Waals surface area contributed by atoms with Gasteiger partial charge in [-0.2, -0.15) is 0 Å². The van der Waals surface area contributed by atoms with Crippen molar-refractivity contribution in [2.24, 2.45) is 13.0 Å². The highest BCUT2D eigenvalue weighted by molar-refractivity contribution is 5.94. The number of aliphatic carboxylic acids is 1. The molecule has 0 aliphatic carbocycles. The predicted octanol–water partition coefficient (Wildman–Crippen LogP) is -0.164. The Kier molecular flexibility index (Phi) is 4.03. The Morgan fingerprint density at radius 1 is 1.47 bits per heavy atom. The molecular weight excluding hydrogens is 224 g/mol. The molecule has 1 rings (SSSR count). The fourth-order valence-corrected chi connectivity index (χ4v) is 1.16. The van der Waals surface area contributed by atoms with Crippen molar-refractivity contribution in [2.75, 3.05) is 6.54 Å². The molecule has 2 N–H and O–H groups in total. The zero-order valence-electron chi connectivity index (χ0n) is 9.64. The number of carbonyl (C=O) groups is 2. The first-order chi connectivity index (χ1) is 7.91.